The van der Waals surface area contributed by atoms with Gasteiger partial charge in [-0.15, -0.1) is 0 Å². The summed E-state index contributed by atoms with van der Waals surface area (Å²) in [5, 5.41) is 14.9. The van der Waals surface area contributed by atoms with E-state index in [2.05, 4.69) is 5.32 Å². The Labute approximate surface area is 127 Å². The number of nitro benzene ring substituents is 1. The van der Waals surface area contributed by atoms with Gasteiger partial charge in [-0.25, -0.2) is 0 Å². The van der Waals surface area contributed by atoms with Crippen LogP contribution in [0.5, 0.6) is 5.75 Å². The van der Waals surface area contributed by atoms with Gasteiger partial charge in [-0.3, -0.25) is 10.1 Å². The van der Waals surface area contributed by atoms with Crippen LogP contribution < -0.4 is 10.1 Å². The predicted molar refractivity (Wildman–Crippen MR) is 83.1 cm³/mol. The Hall–Kier alpha value is -2.27. The normalized spacial score (nSPS) is 11.8. The fourth-order valence-electron chi connectivity index (χ4n) is 1.98. The molecule has 0 heterocycles. The summed E-state index contributed by atoms with van der Waals surface area (Å²) in [6, 6.07) is 11.8. The molecule has 0 radical (unpaired) electrons. The van der Waals surface area contributed by atoms with E-state index in [-0.39, 0.29) is 11.7 Å². The highest BCUT2D eigenvalue weighted by Gasteiger charge is 2.17. The number of rotatable bonds is 5. The molecular formula is C15H15ClN2O3. The standard InChI is InChI=1S/C15H15ClN2O3/c1-10(11-3-5-12(16)6-4-11)17-14-9-13(21-2)7-8-15(14)18(19)20/h3-10,17H,1-2H3. The van der Waals surface area contributed by atoms with Gasteiger partial charge in [-0.1, -0.05) is 23.7 Å². The number of benzene rings is 2. The highest BCUT2D eigenvalue weighted by molar-refractivity contribution is 6.30. The van der Waals surface area contributed by atoms with E-state index in [1.807, 2.05) is 19.1 Å². The van der Waals surface area contributed by atoms with Gasteiger partial charge in [0.2, 0.25) is 0 Å². The van der Waals surface area contributed by atoms with Gasteiger partial charge in [0.1, 0.15) is 11.4 Å². The van der Waals surface area contributed by atoms with Crippen molar-refractivity contribution in [1.82, 2.24) is 0 Å². The van der Waals surface area contributed by atoms with Crippen LogP contribution in [-0.2, 0) is 0 Å². The molecule has 0 saturated heterocycles. The van der Waals surface area contributed by atoms with Crippen LogP contribution in [0.15, 0.2) is 42.5 Å². The Morgan fingerprint density at radius 1 is 1.24 bits per heavy atom. The molecule has 5 nitrogen and oxygen atoms in total. The second kappa shape index (κ2) is 6.45. The first-order valence-electron chi connectivity index (χ1n) is 6.35. The minimum absolute atomic E-state index is 0.0108. The minimum atomic E-state index is -0.420. The lowest BCUT2D eigenvalue weighted by molar-refractivity contribution is -0.384. The van der Waals surface area contributed by atoms with Crippen molar-refractivity contribution >= 4 is 23.0 Å². The van der Waals surface area contributed by atoms with Crippen LogP contribution in [0, 0.1) is 10.1 Å². The number of ether oxygens (including phenoxy) is 1. The monoisotopic (exact) mass is 306 g/mol. The third-order valence-electron chi connectivity index (χ3n) is 3.14. The molecule has 2 aromatic rings. The maximum absolute atomic E-state index is 11.1. The number of hydrogen-bond donors (Lipinski definition) is 1. The number of anilines is 1. The van der Waals surface area contributed by atoms with Gasteiger partial charge in [-0.2, -0.15) is 0 Å². The average Bonchev–Trinajstić information content (AvgIpc) is 2.47. The van der Waals surface area contributed by atoms with E-state index in [0.29, 0.717) is 16.5 Å². The largest absolute Gasteiger partial charge is 0.497 e. The lowest BCUT2D eigenvalue weighted by Gasteiger charge is -2.16. The molecule has 0 aliphatic heterocycles. The number of hydrogen-bond acceptors (Lipinski definition) is 4. The van der Waals surface area contributed by atoms with E-state index in [1.54, 1.807) is 24.3 Å². The molecule has 2 rings (SSSR count). The van der Waals surface area contributed by atoms with Gasteiger partial charge >= 0.3 is 0 Å². The molecule has 0 fully saturated rings. The van der Waals surface area contributed by atoms with Crippen molar-refractivity contribution in [3.63, 3.8) is 0 Å². The first-order chi connectivity index (χ1) is 10.0. The molecule has 1 unspecified atom stereocenters. The van der Waals surface area contributed by atoms with E-state index in [4.69, 9.17) is 16.3 Å². The SMILES string of the molecule is COc1ccc([N+](=O)[O-])c(NC(C)c2ccc(Cl)cc2)c1. The topological polar surface area (TPSA) is 64.4 Å². The summed E-state index contributed by atoms with van der Waals surface area (Å²) in [4.78, 5) is 10.7. The summed E-state index contributed by atoms with van der Waals surface area (Å²) in [5.74, 6) is 0.561. The van der Waals surface area contributed by atoms with Gasteiger partial charge in [0, 0.05) is 23.2 Å². The highest BCUT2D eigenvalue weighted by atomic mass is 35.5. The number of methoxy groups -OCH3 is 1. The summed E-state index contributed by atoms with van der Waals surface area (Å²) < 4.78 is 5.11. The van der Waals surface area contributed by atoms with E-state index in [0.717, 1.165) is 5.56 Å². The first kappa shape index (κ1) is 15.1. The molecule has 1 N–H and O–H groups in total. The second-order valence-electron chi connectivity index (χ2n) is 4.56. The fourth-order valence-corrected chi connectivity index (χ4v) is 2.11. The molecule has 0 aliphatic carbocycles. The number of nitro groups is 1. The van der Waals surface area contributed by atoms with E-state index in [9.17, 15) is 10.1 Å². The van der Waals surface area contributed by atoms with Crippen LogP contribution in [0.1, 0.15) is 18.5 Å². The van der Waals surface area contributed by atoms with Crippen LogP contribution >= 0.6 is 11.6 Å². The number of nitrogens with one attached hydrogen (secondary N) is 1. The fraction of sp³-hybridized carbons (Fsp3) is 0.200. The number of nitrogens with zero attached hydrogens (tertiary/aromatic N) is 1. The molecular weight excluding hydrogens is 292 g/mol. The van der Waals surface area contributed by atoms with Gasteiger partial charge < -0.3 is 10.1 Å². The van der Waals surface area contributed by atoms with Crippen LogP contribution in [-0.4, -0.2) is 12.0 Å². The molecule has 1 atom stereocenters. The van der Waals surface area contributed by atoms with Crippen molar-refractivity contribution in [3.05, 3.63) is 63.2 Å². The zero-order chi connectivity index (χ0) is 15.4. The third kappa shape index (κ3) is 3.64. The van der Waals surface area contributed by atoms with Crippen LogP contribution in [0.3, 0.4) is 0 Å². The highest BCUT2D eigenvalue weighted by Crippen LogP contribution is 2.31. The van der Waals surface area contributed by atoms with Crippen LogP contribution in [0.4, 0.5) is 11.4 Å². The number of halogens is 1. The zero-order valence-electron chi connectivity index (χ0n) is 11.7. The second-order valence-corrected chi connectivity index (χ2v) is 4.99. The predicted octanol–water partition coefficient (Wildman–Crippen LogP) is 4.43. The summed E-state index contributed by atoms with van der Waals surface area (Å²) in [6.07, 6.45) is 0. The molecule has 0 amide bonds. The van der Waals surface area contributed by atoms with E-state index >= 15 is 0 Å². The van der Waals surface area contributed by atoms with Crippen molar-refractivity contribution < 1.29 is 9.66 Å². The lowest BCUT2D eigenvalue weighted by atomic mass is 10.1. The smallest absolute Gasteiger partial charge is 0.292 e. The molecule has 0 bridgehead atoms. The Kier molecular flexibility index (Phi) is 4.65. The van der Waals surface area contributed by atoms with Crippen molar-refractivity contribution in [2.75, 3.05) is 12.4 Å². The summed E-state index contributed by atoms with van der Waals surface area (Å²) >= 11 is 5.86. The summed E-state index contributed by atoms with van der Waals surface area (Å²) in [7, 11) is 1.52. The first-order valence-corrected chi connectivity index (χ1v) is 6.73. The average molecular weight is 307 g/mol. The van der Waals surface area contributed by atoms with Gasteiger partial charge in [0.25, 0.3) is 5.69 Å². The van der Waals surface area contributed by atoms with Crippen molar-refractivity contribution in [3.8, 4) is 5.75 Å². The maximum atomic E-state index is 11.1. The molecule has 2 aromatic carbocycles. The Balaban J connectivity index is 2.28. The van der Waals surface area contributed by atoms with Gasteiger partial charge in [0.15, 0.2) is 0 Å². The van der Waals surface area contributed by atoms with Gasteiger partial charge in [0.05, 0.1) is 12.0 Å². The van der Waals surface area contributed by atoms with Gasteiger partial charge in [-0.05, 0) is 30.7 Å². The zero-order valence-corrected chi connectivity index (χ0v) is 12.4. The molecule has 0 aliphatic rings. The molecule has 6 heteroatoms. The molecule has 0 saturated carbocycles. The molecule has 21 heavy (non-hydrogen) atoms. The van der Waals surface area contributed by atoms with Crippen LogP contribution in [0.2, 0.25) is 5.02 Å². The lowest BCUT2D eigenvalue weighted by Crippen LogP contribution is -2.08. The Morgan fingerprint density at radius 3 is 2.48 bits per heavy atom. The molecule has 0 spiro atoms. The summed E-state index contributed by atoms with van der Waals surface area (Å²) in [6.45, 7) is 1.92. The molecule has 0 aromatic heterocycles. The van der Waals surface area contributed by atoms with Crippen molar-refractivity contribution in [2.24, 2.45) is 0 Å². The van der Waals surface area contributed by atoms with Crippen molar-refractivity contribution in [1.29, 1.82) is 0 Å². The quantitative estimate of drug-likeness (QED) is 0.655. The molecule has 110 valence electrons. The maximum Gasteiger partial charge on any atom is 0.292 e. The third-order valence-corrected chi connectivity index (χ3v) is 3.39. The Morgan fingerprint density at radius 2 is 1.90 bits per heavy atom. The van der Waals surface area contributed by atoms with Crippen molar-refractivity contribution in [2.45, 2.75) is 13.0 Å². The van der Waals surface area contributed by atoms with E-state index in [1.165, 1.54) is 13.2 Å². The van der Waals surface area contributed by atoms with E-state index < -0.39 is 4.92 Å². The van der Waals surface area contributed by atoms with Crippen LogP contribution in [0.25, 0.3) is 0 Å². The summed E-state index contributed by atoms with van der Waals surface area (Å²) in [5.41, 5.74) is 1.41. The Bertz CT molecular complexity index is 644. The minimum Gasteiger partial charge on any atom is -0.497 e.